The quantitative estimate of drug-likeness (QED) is 0.491. The number of amides is 1. The van der Waals surface area contributed by atoms with Crippen LogP contribution in [0.5, 0.6) is 0 Å². The molecule has 0 aromatic heterocycles. The first-order valence-corrected chi connectivity index (χ1v) is 3.98. The van der Waals surface area contributed by atoms with Gasteiger partial charge in [0, 0.05) is 0 Å². The molecule has 68 valence electrons. The zero-order valence-corrected chi connectivity index (χ0v) is 7.54. The third kappa shape index (κ3) is 4.66. The number of carbonyl (C=O) groups is 2. The number of rotatable bonds is 5. The number of aldehydes is 1. The van der Waals surface area contributed by atoms with Gasteiger partial charge in [0.25, 0.3) is 0 Å². The molecule has 12 heavy (non-hydrogen) atoms. The normalized spacial score (nSPS) is 12.2. The molecule has 1 atom stereocenters. The van der Waals surface area contributed by atoms with Gasteiger partial charge in [0.05, 0.1) is 6.04 Å². The molecule has 1 unspecified atom stereocenters. The fourth-order valence-electron chi connectivity index (χ4n) is 0.898. The highest BCUT2D eigenvalue weighted by molar-refractivity contribution is 5.88. The molecule has 0 spiro atoms. The maximum Gasteiger partial charge on any atom is 0.243 e. The molecule has 3 nitrogen and oxygen atoms in total. The molecule has 0 radical (unpaired) electrons. The van der Waals surface area contributed by atoms with Crippen molar-refractivity contribution in [2.45, 2.75) is 26.3 Å². The van der Waals surface area contributed by atoms with E-state index in [0.29, 0.717) is 12.3 Å². The Morgan fingerprint density at radius 2 is 2.17 bits per heavy atom. The van der Waals surface area contributed by atoms with Gasteiger partial charge in [0.2, 0.25) is 5.91 Å². The van der Waals surface area contributed by atoms with Crippen molar-refractivity contribution >= 4 is 12.2 Å². The second-order valence-electron chi connectivity index (χ2n) is 3.08. The zero-order chi connectivity index (χ0) is 9.56. The van der Waals surface area contributed by atoms with E-state index in [1.165, 1.54) is 0 Å². The van der Waals surface area contributed by atoms with Crippen LogP contribution in [0, 0.1) is 5.92 Å². The summed E-state index contributed by atoms with van der Waals surface area (Å²) < 4.78 is 0. The summed E-state index contributed by atoms with van der Waals surface area (Å²) in [5.41, 5.74) is 0. The first kappa shape index (κ1) is 10.9. The Labute approximate surface area is 72.8 Å². The van der Waals surface area contributed by atoms with Crippen LogP contribution in [0.1, 0.15) is 20.3 Å². The van der Waals surface area contributed by atoms with Crippen molar-refractivity contribution in [2.24, 2.45) is 5.92 Å². The van der Waals surface area contributed by atoms with Crippen molar-refractivity contribution in [1.82, 2.24) is 5.32 Å². The van der Waals surface area contributed by atoms with Crippen molar-refractivity contribution in [3.05, 3.63) is 12.7 Å². The van der Waals surface area contributed by atoms with Crippen LogP contribution in [0.25, 0.3) is 0 Å². The lowest BCUT2D eigenvalue weighted by atomic mass is 10.1. The van der Waals surface area contributed by atoms with Crippen LogP contribution in [0.2, 0.25) is 0 Å². The van der Waals surface area contributed by atoms with Crippen LogP contribution in [-0.4, -0.2) is 18.2 Å². The van der Waals surface area contributed by atoms with Crippen LogP contribution in [0.15, 0.2) is 12.7 Å². The van der Waals surface area contributed by atoms with E-state index in [-0.39, 0.29) is 11.9 Å². The summed E-state index contributed by atoms with van der Waals surface area (Å²) >= 11 is 0. The monoisotopic (exact) mass is 169 g/mol. The number of carbonyl (C=O) groups excluding carboxylic acids is 2. The molecule has 0 saturated carbocycles. The van der Waals surface area contributed by atoms with Crippen LogP contribution in [0.3, 0.4) is 0 Å². The van der Waals surface area contributed by atoms with Gasteiger partial charge in [-0.25, -0.2) is 0 Å². The predicted molar refractivity (Wildman–Crippen MR) is 47.6 cm³/mol. The minimum atomic E-state index is -0.379. The van der Waals surface area contributed by atoms with E-state index in [2.05, 4.69) is 11.9 Å². The van der Waals surface area contributed by atoms with E-state index in [1.54, 1.807) is 0 Å². The van der Waals surface area contributed by atoms with Gasteiger partial charge in [-0.05, 0) is 18.4 Å². The predicted octanol–water partition coefficient (Wildman–Crippen LogP) is 0.902. The number of hydrogen-bond donors (Lipinski definition) is 1. The average molecular weight is 169 g/mol. The largest absolute Gasteiger partial charge is 0.343 e. The van der Waals surface area contributed by atoms with Crippen LogP contribution >= 0.6 is 0 Å². The number of nitrogens with one attached hydrogen (secondary N) is 1. The van der Waals surface area contributed by atoms with Gasteiger partial charge in [0.15, 0.2) is 0 Å². The minimum absolute atomic E-state index is 0.298. The fourth-order valence-corrected chi connectivity index (χ4v) is 0.898. The molecule has 0 fully saturated rings. The van der Waals surface area contributed by atoms with Crippen molar-refractivity contribution in [2.75, 3.05) is 0 Å². The van der Waals surface area contributed by atoms with Gasteiger partial charge in [0.1, 0.15) is 6.29 Å². The molecule has 0 saturated heterocycles. The second kappa shape index (κ2) is 5.52. The minimum Gasteiger partial charge on any atom is -0.343 e. The third-order valence-electron chi connectivity index (χ3n) is 1.40. The van der Waals surface area contributed by atoms with Gasteiger partial charge < -0.3 is 10.1 Å². The van der Waals surface area contributed by atoms with E-state index >= 15 is 0 Å². The molecule has 0 aliphatic rings. The standard InChI is InChI=1S/C9H15NO2/c1-4-9(12)10-8(6-11)5-7(2)3/h4,6-8H,1,5H2,2-3H3,(H,10,12). The summed E-state index contributed by atoms with van der Waals surface area (Å²) in [5, 5.41) is 2.52. The lowest BCUT2D eigenvalue weighted by molar-refractivity contribution is -0.120. The highest BCUT2D eigenvalue weighted by Gasteiger charge is 2.10. The molecule has 3 heteroatoms. The summed E-state index contributed by atoms with van der Waals surface area (Å²) in [4.78, 5) is 21.2. The molecule has 0 aromatic rings. The summed E-state index contributed by atoms with van der Waals surface area (Å²) in [5.74, 6) is 0.0954. The van der Waals surface area contributed by atoms with Gasteiger partial charge in [-0.2, -0.15) is 0 Å². The molecule has 1 amide bonds. The maximum atomic E-state index is 10.8. The Bertz CT molecular complexity index is 175. The Morgan fingerprint density at radius 3 is 2.50 bits per heavy atom. The smallest absolute Gasteiger partial charge is 0.243 e. The van der Waals surface area contributed by atoms with Crippen LogP contribution in [-0.2, 0) is 9.59 Å². The molecular formula is C9H15NO2. The molecule has 0 aromatic carbocycles. The Morgan fingerprint density at radius 1 is 1.58 bits per heavy atom. The van der Waals surface area contributed by atoms with E-state index < -0.39 is 0 Å². The van der Waals surface area contributed by atoms with E-state index in [1.807, 2.05) is 13.8 Å². The van der Waals surface area contributed by atoms with Gasteiger partial charge in [-0.1, -0.05) is 20.4 Å². The highest BCUT2D eigenvalue weighted by Crippen LogP contribution is 2.02. The average Bonchev–Trinajstić information content (AvgIpc) is 2.02. The topological polar surface area (TPSA) is 46.2 Å². The zero-order valence-electron chi connectivity index (χ0n) is 7.54. The first-order chi connectivity index (χ1) is 5.60. The van der Waals surface area contributed by atoms with E-state index in [0.717, 1.165) is 12.4 Å². The van der Waals surface area contributed by atoms with Crippen LogP contribution < -0.4 is 5.32 Å². The Hall–Kier alpha value is -1.12. The fraction of sp³-hybridized carbons (Fsp3) is 0.556. The number of hydrogen-bond acceptors (Lipinski definition) is 2. The molecule has 0 bridgehead atoms. The van der Waals surface area contributed by atoms with Gasteiger partial charge in [-0.3, -0.25) is 4.79 Å². The third-order valence-corrected chi connectivity index (χ3v) is 1.40. The Balaban J connectivity index is 3.90. The maximum absolute atomic E-state index is 10.8. The lowest BCUT2D eigenvalue weighted by Gasteiger charge is -2.12. The molecule has 0 aliphatic carbocycles. The van der Waals surface area contributed by atoms with Crippen molar-refractivity contribution < 1.29 is 9.59 Å². The summed E-state index contributed by atoms with van der Waals surface area (Å²) in [6.45, 7) is 7.29. The van der Waals surface area contributed by atoms with Gasteiger partial charge >= 0.3 is 0 Å². The summed E-state index contributed by atoms with van der Waals surface area (Å²) in [6.07, 6.45) is 2.58. The van der Waals surface area contributed by atoms with E-state index in [4.69, 9.17) is 0 Å². The molecule has 0 heterocycles. The first-order valence-electron chi connectivity index (χ1n) is 3.98. The van der Waals surface area contributed by atoms with Gasteiger partial charge in [-0.15, -0.1) is 0 Å². The lowest BCUT2D eigenvalue weighted by Crippen LogP contribution is -2.35. The summed E-state index contributed by atoms with van der Waals surface area (Å²) in [7, 11) is 0. The van der Waals surface area contributed by atoms with Crippen molar-refractivity contribution in [1.29, 1.82) is 0 Å². The molecule has 1 N–H and O–H groups in total. The second-order valence-corrected chi connectivity index (χ2v) is 3.08. The SMILES string of the molecule is C=CC(=O)NC(C=O)CC(C)C. The van der Waals surface area contributed by atoms with E-state index in [9.17, 15) is 9.59 Å². The van der Waals surface area contributed by atoms with Crippen LogP contribution in [0.4, 0.5) is 0 Å². The molecule has 0 aliphatic heterocycles. The van der Waals surface area contributed by atoms with Crippen molar-refractivity contribution in [3.63, 3.8) is 0 Å². The summed E-state index contributed by atoms with van der Waals surface area (Å²) in [6, 6.07) is -0.379. The highest BCUT2D eigenvalue weighted by atomic mass is 16.2. The molecular weight excluding hydrogens is 154 g/mol. The Kier molecular flexibility index (Phi) is 5.00. The molecule has 0 rings (SSSR count). The van der Waals surface area contributed by atoms with Crippen molar-refractivity contribution in [3.8, 4) is 0 Å².